The minimum absolute atomic E-state index is 0.109. The maximum absolute atomic E-state index is 12.6. The van der Waals surface area contributed by atoms with E-state index in [0.717, 1.165) is 12.8 Å². The van der Waals surface area contributed by atoms with Crippen LogP contribution in [0.2, 0.25) is 0 Å². The second-order valence-corrected chi connectivity index (χ2v) is 10.9. The fourth-order valence-electron chi connectivity index (χ4n) is 2.06. The van der Waals surface area contributed by atoms with Crippen molar-refractivity contribution >= 4 is 20.0 Å². The molecule has 0 aromatic rings. The van der Waals surface area contributed by atoms with Crippen LogP contribution in [-0.2, 0) is 20.0 Å². The molecule has 0 saturated heterocycles. The van der Waals surface area contributed by atoms with Crippen LogP contribution in [-0.4, -0.2) is 34.4 Å². The molecule has 1 unspecified atom stereocenters. The second-order valence-electron chi connectivity index (χ2n) is 7.25. The molecule has 0 spiro atoms. The molecule has 0 aliphatic rings. The third-order valence-electron chi connectivity index (χ3n) is 3.51. The van der Waals surface area contributed by atoms with Gasteiger partial charge in [-0.1, -0.05) is 40.0 Å². The predicted molar refractivity (Wildman–Crippen MR) is 86.1 cm³/mol. The molecule has 6 nitrogen and oxygen atoms in total. The summed E-state index contributed by atoms with van der Waals surface area (Å²) in [6.07, 6.45) is 3.02. The first-order valence-corrected chi connectivity index (χ1v) is 11.0. The van der Waals surface area contributed by atoms with Crippen molar-refractivity contribution in [2.75, 3.05) is 6.54 Å². The highest BCUT2D eigenvalue weighted by molar-refractivity contribution is 7.91. The third kappa shape index (κ3) is 8.96. The Labute approximate surface area is 155 Å². The van der Waals surface area contributed by atoms with Gasteiger partial charge in [-0.05, 0) is 29.5 Å². The van der Waals surface area contributed by atoms with Gasteiger partial charge in [0.1, 0.15) is 6.54 Å². The van der Waals surface area contributed by atoms with E-state index in [1.165, 1.54) is 0 Å². The second kappa shape index (κ2) is 9.27. The van der Waals surface area contributed by atoms with Gasteiger partial charge in [-0.3, -0.25) is 0 Å². The summed E-state index contributed by atoms with van der Waals surface area (Å²) < 4.78 is 118. The lowest BCUT2D eigenvalue weighted by Gasteiger charge is -2.20. The van der Waals surface area contributed by atoms with Gasteiger partial charge in [-0.15, -0.1) is 4.41 Å². The van der Waals surface area contributed by atoms with Crippen molar-refractivity contribution in [2.45, 2.75) is 70.3 Å². The molecule has 0 aromatic carbocycles. The molecule has 0 bridgehead atoms. The number of quaternary nitrogens is 1. The van der Waals surface area contributed by atoms with E-state index in [1.54, 1.807) is 0 Å². The molecule has 164 valence electrons. The Kier molecular flexibility index (Phi) is 9.06. The molecule has 0 saturated carbocycles. The summed E-state index contributed by atoms with van der Waals surface area (Å²) in [5, 5.41) is 0. The molecule has 0 aromatic heterocycles. The van der Waals surface area contributed by atoms with Gasteiger partial charge in [0.15, 0.2) is 0 Å². The number of rotatable bonds is 10. The predicted octanol–water partition coefficient (Wildman–Crippen LogP) is 2.46. The van der Waals surface area contributed by atoms with Gasteiger partial charge in [0.25, 0.3) is 0 Å². The van der Waals surface area contributed by atoms with Crippen LogP contribution < -0.4 is 9.25 Å². The molecule has 0 fully saturated rings. The zero-order valence-electron chi connectivity index (χ0n) is 15.2. The van der Waals surface area contributed by atoms with E-state index < -0.39 is 42.0 Å². The highest BCUT2D eigenvalue weighted by atomic mass is 32.2. The molecular formula is C13H25F6N2O4S2+. The van der Waals surface area contributed by atoms with E-state index in [2.05, 4.69) is 0 Å². The smallest absolute Gasteiger partial charge is 0.198 e. The Morgan fingerprint density at radius 3 is 1.59 bits per heavy atom. The van der Waals surface area contributed by atoms with Gasteiger partial charge in [-0.25, -0.2) is 0 Å². The Morgan fingerprint density at radius 1 is 0.741 bits per heavy atom. The van der Waals surface area contributed by atoms with Crippen LogP contribution in [0.5, 0.6) is 0 Å². The molecule has 0 heterocycles. The molecule has 0 radical (unpaired) electrons. The normalized spacial score (nSPS) is 15.7. The van der Waals surface area contributed by atoms with Gasteiger partial charge in [0.2, 0.25) is 0 Å². The summed E-state index contributed by atoms with van der Waals surface area (Å²) in [7, 11) is -12.5. The van der Waals surface area contributed by atoms with Crippen molar-refractivity contribution in [3.05, 3.63) is 0 Å². The molecule has 2 N–H and O–H groups in total. The van der Waals surface area contributed by atoms with Crippen molar-refractivity contribution in [1.29, 1.82) is 0 Å². The van der Waals surface area contributed by atoms with Crippen molar-refractivity contribution in [1.82, 2.24) is 4.83 Å². The van der Waals surface area contributed by atoms with Gasteiger partial charge < -0.3 is 0 Å². The Bertz CT molecular complexity index is 666. The molecule has 1 atom stereocenters. The largest absolute Gasteiger partial charge is 0.551 e. The zero-order valence-corrected chi connectivity index (χ0v) is 16.8. The summed E-state index contributed by atoms with van der Waals surface area (Å²) in [6.45, 7) is 5.10. The van der Waals surface area contributed by atoms with E-state index in [0.29, 0.717) is 17.7 Å². The Morgan fingerprint density at radius 2 is 1.19 bits per heavy atom. The van der Waals surface area contributed by atoms with E-state index in [1.807, 2.05) is 20.8 Å². The average molecular weight is 451 g/mol. The molecule has 0 amide bonds. The van der Waals surface area contributed by atoms with Crippen LogP contribution in [0, 0.1) is 5.41 Å². The van der Waals surface area contributed by atoms with E-state index >= 15 is 0 Å². The molecule has 0 rings (SSSR count). The Hall–Kier alpha value is -0.600. The van der Waals surface area contributed by atoms with Crippen molar-refractivity contribution in [3.8, 4) is 0 Å². The van der Waals surface area contributed by atoms with E-state index in [9.17, 15) is 43.2 Å². The topological polar surface area (TPSA) is 84.8 Å². The number of hydrogen-bond acceptors (Lipinski definition) is 4. The van der Waals surface area contributed by atoms with Crippen LogP contribution in [0.1, 0.15) is 59.3 Å². The first-order valence-electron chi connectivity index (χ1n) is 8.07. The third-order valence-corrected chi connectivity index (χ3v) is 6.33. The fraction of sp³-hybridized carbons (Fsp3) is 1.00. The lowest BCUT2D eigenvalue weighted by molar-refractivity contribution is -0.805. The van der Waals surface area contributed by atoms with Crippen molar-refractivity contribution < 1.29 is 47.6 Å². The first kappa shape index (κ1) is 26.4. The molecule has 14 heteroatoms. The van der Waals surface area contributed by atoms with Crippen LogP contribution >= 0.6 is 0 Å². The van der Waals surface area contributed by atoms with Crippen LogP contribution in [0.3, 0.4) is 0 Å². The zero-order chi connectivity index (χ0) is 21.7. The summed E-state index contributed by atoms with van der Waals surface area (Å²) in [4.78, 5) is 0.558. The first-order chi connectivity index (χ1) is 11.8. The van der Waals surface area contributed by atoms with E-state index in [-0.39, 0.29) is 18.3 Å². The minimum Gasteiger partial charge on any atom is -0.198 e. The van der Waals surface area contributed by atoms with E-state index in [4.69, 9.17) is 0 Å². The van der Waals surface area contributed by atoms with Crippen LogP contribution in [0.4, 0.5) is 26.3 Å². The Balaban J connectivity index is 4.92. The van der Waals surface area contributed by atoms with Gasteiger partial charge in [-0.2, -0.15) is 43.2 Å². The maximum Gasteiger partial charge on any atom is 0.551 e. The minimum atomic E-state index is -6.27. The number of halogens is 6. The summed E-state index contributed by atoms with van der Waals surface area (Å²) in [5.74, 6) is 0. The van der Waals surface area contributed by atoms with Gasteiger partial charge in [0, 0.05) is 0 Å². The van der Waals surface area contributed by atoms with Gasteiger partial charge >= 0.3 is 31.1 Å². The van der Waals surface area contributed by atoms with Crippen molar-refractivity contribution in [3.63, 3.8) is 0 Å². The number of nitrogens with one attached hydrogen (secondary N) is 2. The number of hydrogen-bond donors (Lipinski definition) is 2. The maximum atomic E-state index is 12.6. The van der Waals surface area contributed by atoms with Gasteiger partial charge in [0.05, 0.1) is 0 Å². The summed E-state index contributed by atoms with van der Waals surface area (Å²) >= 11 is 0. The van der Waals surface area contributed by atoms with Crippen LogP contribution in [0.25, 0.3) is 0 Å². The molecule has 27 heavy (non-hydrogen) atoms. The average Bonchev–Trinajstić information content (AvgIpc) is 2.41. The van der Waals surface area contributed by atoms with Crippen LogP contribution in [0.15, 0.2) is 0 Å². The highest BCUT2D eigenvalue weighted by Gasteiger charge is 2.58. The highest BCUT2D eigenvalue weighted by Crippen LogP contribution is 2.23. The summed E-state index contributed by atoms with van der Waals surface area (Å²) in [6, 6.07) is 0. The monoisotopic (exact) mass is 451 g/mol. The summed E-state index contributed by atoms with van der Waals surface area (Å²) in [5.41, 5.74) is -11.7. The number of sulfonamides is 2. The molecule has 0 aliphatic heterocycles. The number of unbranched alkanes of at least 4 members (excludes halogenated alkanes) is 4. The lowest BCUT2D eigenvalue weighted by Crippen LogP contribution is -3.22. The number of alkyl halides is 6. The lowest BCUT2D eigenvalue weighted by atomic mass is 9.89. The SMILES string of the molecule is CC(C)(C)CCCCCCC[NH+](NS(=O)(=O)C(F)(F)F)S(=O)(=O)C(F)(F)F. The standard InChI is InChI=1S/C13H24F6N2O4S2/c1-11(2,3)9-7-5-4-6-8-10-21(27(24,25)13(17,18)19)20-26(22,23)12(14,15)16/h20H,4-10H2,1-3H3/p+1. The molecular weight excluding hydrogens is 426 g/mol. The quantitative estimate of drug-likeness (QED) is 0.304. The van der Waals surface area contributed by atoms with Crippen molar-refractivity contribution in [2.24, 2.45) is 5.41 Å². The molecule has 0 aliphatic carbocycles. The fourth-order valence-corrected chi connectivity index (χ4v) is 4.04.